The second-order valence-corrected chi connectivity index (χ2v) is 10.9. The maximum absolute atomic E-state index is 11.0. The molecule has 2 aliphatic rings. The molecule has 1 atom stereocenters. The van der Waals surface area contributed by atoms with E-state index in [2.05, 4.69) is 39.2 Å². The zero-order valence-corrected chi connectivity index (χ0v) is 20.6. The van der Waals surface area contributed by atoms with Gasteiger partial charge in [-0.2, -0.15) is 9.61 Å². The SMILES string of the molecule is NC1c2ccccc2CC12CCN(c1cc(O)c(Sc3cccc(Cl)c3Cl)c3ncnn13)CC2. The molecule has 0 radical (unpaired) electrons. The van der Waals surface area contributed by atoms with Crippen LogP contribution >= 0.6 is 35.0 Å². The van der Waals surface area contributed by atoms with Crippen molar-refractivity contribution in [3.8, 4) is 5.75 Å². The number of pyridine rings is 1. The summed E-state index contributed by atoms with van der Waals surface area (Å²) in [5.41, 5.74) is 10.1. The Bertz CT molecular complexity index is 1400. The number of aromatic nitrogens is 3. The fraction of sp³-hybridized carbons (Fsp3) is 0.280. The number of halogens is 2. The zero-order valence-electron chi connectivity index (χ0n) is 18.3. The predicted octanol–water partition coefficient (Wildman–Crippen LogP) is 5.74. The number of piperidine rings is 1. The number of nitrogens with two attached hydrogens (primary N) is 1. The molecule has 6 nitrogen and oxygen atoms in total. The van der Waals surface area contributed by atoms with Gasteiger partial charge in [0.1, 0.15) is 17.9 Å². The van der Waals surface area contributed by atoms with Gasteiger partial charge >= 0.3 is 0 Å². The Hall–Kier alpha value is -2.45. The van der Waals surface area contributed by atoms with Gasteiger partial charge < -0.3 is 15.7 Å². The highest BCUT2D eigenvalue weighted by Gasteiger charge is 2.46. The van der Waals surface area contributed by atoms with Crippen molar-refractivity contribution in [2.45, 2.75) is 35.1 Å². The molecule has 2 aromatic heterocycles. The maximum Gasteiger partial charge on any atom is 0.175 e. The summed E-state index contributed by atoms with van der Waals surface area (Å²) in [5, 5.41) is 16.4. The molecule has 6 rings (SSSR count). The van der Waals surface area contributed by atoms with Gasteiger partial charge in [0.25, 0.3) is 0 Å². The molecule has 0 saturated carbocycles. The predicted molar refractivity (Wildman–Crippen MR) is 136 cm³/mol. The van der Waals surface area contributed by atoms with Crippen LogP contribution < -0.4 is 10.6 Å². The minimum absolute atomic E-state index is 0.0619. The zero-order chi connectivity index (χ0) is 23.4. The second kappa shape index (κ2) is 8.34. The molecule has 1 spiro atoms. The molecule has 1 unspecified atom stereocenters. The van der Waals surface area contributed by atoms with E-state index in [1.54, 1.807) is 16.6 Å². The van der Waals surface area contributed by atoms with Crippen molar-refractivity contribution >= 4 is 46.4 Å². The van der Waals surface area contributed by atoms with Crippen LogP contribution in [0.15, 0.2) is 64.6 Å². The molecular weight excluding hydrogens is 489 g/mol. The quantitative estimate of drug-likeness (QED) is 0.365. The van der Waals surface area contributed by atoms with Crippen LogP contribution in [0.25, 0.3) is 5.65 Å². The molecule has 1 aliphatic carbocycles. The first-order valence-corrected chi connectivity index (χ1v) is 12.8. The number of fused-ring (bicyclic) bond motifs is 2. The number of hydrogen-bond acceptors (Lipinski definition) is 6. The first-order valence-electron chi connectivity index (χ1n) is 11.2. The highest BCUT2D eigenvalue weighted by molar-refractivity contribution is 7.99. The lowest BCUT2D eigenvalue weighted by Crippen LogP contribution is -2.44. The maximum atomic E-state index is 11.0. The van der Waals surface area contributed by atoms with E-state index in [0.717, 1.165) is 43.1 Å². The molecule has 3 N–H and O–H groups in total. The standard InChI is InChI=1S/C25H23Cl2N5OS/c26-17-6-3-7-19(21(17)27)34-22-18(33)12-20(32-24(22)29-14-30-32)31-10-8-25(9-11-31)13-15-4-1-2-5-16(15)23(25)28/h1-7,12,14,23,33H,8-11,13,28H2. The van der Waals surface area contributed by atoms with E-state index < -0.39 is 0 Å². The number of hydrogen-bond donors (Lipinski definition) is 2. The topological polar surface area (TPSA) is 79.7 Å². The smallest absolute Gasteiger partial charge is 0.175 e. The minimum Gasteiger partial charge on any atom is -0.506 e. The van der Waals surface area contributed by atoms with Gasteiger partial charge in [-0.15, -0.1) is 0 Å². The lowest BCUT2D eigenvalue weighted by atomic mass is 9.73. The van der Waals surface area contributed by atoms with Gasteiger partial charge in [0.2, 0.25) is 0 Å². The summed E-state index contributed by atoms with van der Waals surface area (Å²) < 4.78 is 1.79. The first-order chi connectivity index (χ1) is 16.5. The van der Waals surface area contributed by atoms with E-state index in [0.29, 0.717) is 20.6 Å². The van der Waals surface area contributed by atoms with Crippen molar-refractivity contribution < 1.29 is 5.11 Å². The normalized spacial score (nSPS) is 19.1. The molecule has 34 heavy (non-hydrogen) atoms. The van der Waals surface area contributed by atoms with Gasteiger partial charge in [0, 0.05) is 30.1 Å². The molecule has 3 heterocycles. The average molecular weight is 512 g/mol. The molecule has 2 aromatic carbocycles. The minimum atomic E-state index is 0.0619. The van der Waals surface area contributed by atoms with Crippen LogP contribution in [0, 0.1) is 5.41 Å². The van der Waals surface area contributed by atoms with E-state index in [1.165, 1.54) is 29.2 Å². The van der Waals surface area contributed by atoms with Crippen LogP contribution in [-0.4, -0.2) is 32.8 Å². The number of rotatable bonds is 3. The number of aromatic hydroxyl groups is 1. The third-order valence-electron chi connectivity index (χ3n) is 7.27. The van der Waals surface area contributed by atoms with Gasteiger partial charge in [-0.25, -0.2) is 4.98 Å². The largest absolute Gasteiger partial charge is 0.506 e. The van der Waals surface area contributed by atoms with E-state index in [-0.39, 0.29) is 17.2 Å². The lowest BCUT2D eigenvalue weighted by molar-refractivity contribution is 0.187. The fourth-order valence-electron chi connectivity index (χ4n) is 5.41. The molecule has 1 saturated heterocycles. The van der Waals surface area contributed by atoms with Crippen molar-refractivity contribution in [3.63, 3.8) is 0 Å². The lowest BCUT2D eigenvalue weighted by Gasteiger charge is -2.43. The third kappa shape index (κ3) is 3.45. The Balaban J connectivity index is 1.29. The van der Waals surface area contributed by atoms with Crippen molar-refractivity contribution in [2.75, 3.05) is 18.0 Å². The highest BCUT2D eigenvalue weighted by Crippen LogP contribution is 2.51. The third-order valence-corrected chi connectivity index (χ3v) is 9.36. The van der Waals surface area contributed by atoms with Crippen LogP contribution in [-0.2, 0) is 6.42 Å². The second-order valence-electron chi connectivity index (χ2n) is 9.07. The molecule has 1 fully saturated rings. The summed E-state index contributed by atoms with van der Waals surface area (Å²) in [6.07, 6.45) is 4.50. The summed E-state index contributed by atoms with van der Waals surface area (Å²) >= 11 is 13.9. The summed E-state index contributed by atoms with van der Waals surface area (Å²) in [6, 6.07) is 15.8. The summed E-state index contributed by atoms with van der Waals surface area (Å²) in [4.78, 5) is 8.05. The Labute approximate surface area is 211 Å². The molecule has 174 valence electrons. The van der Waals surface area contributed by atoms with Crippen molar-refractivity contribution in [1.82, 2.24) is 14.6 Å². The van der Waals surface area contributed by atoms with E-state index in [9.17, 15) is 5.11 Å². The average Bonchev–Trinajstić information content (AvgIpc) is 3.43. The van der Waals surface area contributed by atoms with Crippen LogP contribution in [0.4, 0.5) is 5.82 Å². The first kappa shape index (κ1) is 22.0. The van der Waals surface area contributed by atoms with Gasteiger partial charge in [-0.3, -0.25) is 0 Å². The van der Waals surface area contributed by atoms with Gasteiger partial charge in [0.05, 0.1) is 14.9 Å². The van der Waals surface area contributed by atoms with Crippen molar-refractivity contribution in [3.05, 3.63) is 76.0 Å². The summed E-state index contributed by atoms with van der Waals surface area (Å²) in [7, 11) is 0. The molecule has 4 aromatic rings. The Kier molecular flexibility index (Phi) is 5.41. The Morgan fingerprint density at radius 2 is 1.88 bits per heavy atom. The fourth-order valence-corrected chi connectivity index (χ4v) is 6.84. The molecule has 0 bridgehead atoms. The van der Waals surface area contributed by atoms with E-state index in [4.69, 9.17) is 28.9 Å². The van der Waals surface area contributed by atoms with Crippen molar-refractivity contribution in [1.29, 1.82) is 0 Å². The number of benzene rings is 2. The molecule has 1 aliphatic heterocycles. The summed E-state index contributed by atoms with van der Waals surface area (Å²) in [6.45, 7) is 1.67. The van der Waals surface area contributed by atoms with Gasteiger partial charge in [0.15, 0.2) is 5.65 Å². The molecule has 9 heteroatoms. The molecular formula is C25H23Cl2N5OS. The van der Waals surface area contributed by atoms with Crippen LogP contribution in [0.1, 0.15) is 30.0 Å². The number of anilines is 1. The van der Waals surface area contributed by atoms with Crippen LogP contribution in [0.5, 0.6) is 5.75 Å². The van der Waals surface area contributed by atoms with E-state index >= 15 is 0 Å². The van der Waals surface area contributed by atoms with Crippen LogP contribution in [0.3, 0.4) is 0 Å². The highest BCUT2D eigenvalue weighted by atomic mass is 35.5. The molecule has 0 amide bonds. The Morgan fingerprint density at radius 1 is 1.09 bits per heavy atom. The van der Waals surface area contributed by atoms with Gasteiger partial charge in [-0.1, -0.05) is 65.3 Å². The van der Waals surface area contributed by atoms with Crippen LogP contribution in [0.2, 0.25) is 10.0 Å². The monoisotopic (exact) mass is 511 g/mol. The summed E-state index contributed by atoms with van der Waals surface area (Å²) in [5.74, 6) is 0.965. The van der Waals surface area contributed by atoms with Crippen molar-refractivity contribution in [2.24, 2.45) is 11.1 Å². The van der Waals surface area contributed by atoms with E-state index in [1.807, 2.05) is 12.1 Å². The number of nitrogens with zero attached hydrogens (tertiary/aromatic N) is 4. The Morgan fingerprint density at radius 3 is 2.68 bits per heavy atom. The van der Waals surface area contributed by atoms with Gasteiger partial charge in [-0.05, 0) is 47.9 Å².